The minimum absolute atomic E-state index is 0.0945. The molecule has 1 aromatic carbocycles. The minimum atomic E-state index is -0.634. The van der Waals surface area contributed by atoms with Crippen LogP contribution in [0.1, 0.15) is 31.7 Å². The van der Waals surface area contributed by atoms with E-state index in [-0.39, 0.29) is 11.8 Å². The average molecular weight is 289 g/mol. The van der Waals surface area contributed by atoms with Crippen molar-refractivity contribution in [1.29, 1.82) is 0 Å². The lowest BCUT2D eigenvalue weighted by atomic mass is 9.95. The van der Waals surface area contributed by atoms with Crippen LogP contribution in [0.2, 0.25) is 0 Å². The number of amides is 1. The highest BCUT2D eigenvalue weighted by Gasteiger charge is 2.32. The molecule has 2 unspecified atom stereocenters. The molecule has 2 aliphatic heterocycles. The van der Waals surface area contributed by atoms with Crippen molar-refractivity contribution in [2.24, 2.45) is 5.92 Å². The highest BCUT2D eigenvalue weighted by molar-refractivity contribution is 5.79. The van der Waals surface area contributed by atoms with Gasteiger partial charge >= 0.3 is 0 Å². The Morgan fingerprint density at radius 2 is 2.14 bits per heavy atom. The third kappa shape index (κ3) is 3.21. The van der Waals surface area contributed by atoms with Crippen LogP contribution < -0.4 is 4.74 Å². The summed E-state index contributed by atoms with van der Waals surface area (Å²) in [5, 5.41) is 10.1. The number of carbonyl (C=O) groups is 1. The first-order valence-corrected chi connectivity index (χ1v) is 7.77. The van der Waals surface area contributed by atoms with Gasteiger partial charge in [0.15, 0.2) is 0 Å². The molecule has 0 aliphatic carbocycles. The van der Waals surface area contributed by atoms with Gasteiger partial charge in [-0.3, -0.25) is 4.79 Å². The number of hydrogen-bond acceptors (Lipinski definition) is 3. The predicted molar refractivity (Wildman–Crippen MR) is 80.2 cm³/mol. The molecule has 0 radical (unpaired) electrons. The van der Waals surface area contributed by atoms with E-state index in [2.05, 4.69) is 0 Å². The second-order valence-corrected chi connectivity index (χ2v) is 6.50. The van der Waals surface area contributed by atoms with E-state index in [1.807, 2.05) is 36.1 Å². The van der Waals surface area contributed by atoms with Gasteiger partial charge in [-0.05, 0) is 44.2 Å². The van der Waals surface area contributed by atoms with Crippen molar-refractivity contribution in [3.63, 3.8) is 0 Å². The normalized spacial score (nSPS) is 29.2. The van der Waals surface area contributed by atoms with Crippen LogP contribution in [0, 0.1) is 5.92 Å². The highest BCUT2D eigenvalue weighted by atomic mass is 16.5. The first kappa shape index (κ1) is 14.4. The van der Waals surface area contributed by atoms with Gasteiger partial charge in [0.25, 0.3) is 0 Å². The summed E-state index contributed by atoms with van der Waals surface area (Å²) in [6.45, 7) is 3.71. The minimum Gasteiger partial charge on any atom is -0.492 e. The Labute approximate surface area is 125 Å². The van der Waals surface area contributed by atoms with Crippen molar-refractivity contribution >= 4 is 5.91 Å². The van der Waals surface area contributed by atoms with Crippen LogP contribution in [-0.2, 0) is 11.2 Å². The summed E-state index contributed by atoms with van der Waals surface area (Å²) in [5.41, 5.74) is 0.481. The Kier molecular flexibility index (Phi) is 3.89. The summed E-state index contributed by atoms with van der Waals surface area (Å²) in [7, 11) is 0. The average Bonchev–Trinajstić information content (AvgIpc) is 2.67. The molecule has 4 heteroatoms. The maximum Gasteiger partial charge on any atom is 0.229 e. The van der Waals surface area contributed by atoms with Crippen LogP contribution in [0.5, 0.6) is 5.75 Å². The number of rotatable bonds is 1. The first-order chi connectivity index (χ1) is 10.1. The highest BCUT2D eigenvalue weighted by Crippen LogP contribution is 2.29. The van der Waals surface area contributed by atoms with Gasteiger partial charge in [-0.25, -0.2) is 0 Å². The lowest BCUT2D eigenvalue weighted by Crippen LogP contribution is -2.41. The summed E-state index contributed by atoms with van der Waals surface area (Å²) in [6, 6.07) is 7.93. The Balaban J connectivity index is 1.66. The third-order valence-electron chi connectivity index (χ3n) is 4.60. The molecule has 1 saturated heterocycles. The van der Waals surface area contributed by atoms with Gasteiger partial charge in [0, 0.05) is 13.1 Å². The van der Waals surface area contributed by atoms with Crippen molar-refractivity contribution < 1.29 is 14.6 Å². The fourth-order valence-corrected chi connectivity index (χ4v) is 3.23. The SMILES string of the molecule is CC1(O)CCCN(C(=O)C2COc3ccccc3C2)CC1. The van der Waals surface area contributed by atoms with Crippen molar-refractivity contribution in [3.05, 3.63) is 29.8 Å². The fraction of sp³-hybridized carbons (Fsp3) is 0.588. The van der Waals surface area contributed by atoms with Gasteiger partial charge < -0.3 is 14.7 Å². The van der Waals surface area contributed by atoms with E-state index in [1.165, 1.54) is 0 Å². The summed E-state index contributed by atoms with van der Waals surface area (Å²) >= 11 is 0. The third-order valence-corrected chi connectivity index (χ3v) is 4.60. The number of ether oxygens (including phenoxy) is 1. The van der Waals surface area contributed by atoms with Gasteiger partial charge in [0.05, 0.1) is 11.5 Å². The fourth-order valence-electron chi connectivity index (χ4n) is 3.23. The summed E-state index contributed by atoms with van der Waals surface area (Å²) < 4.78 is 5.72. The molecule has 4 nitrogen and oxygen atoms in total. The van der Waals surface area contributed by atoms with E-state index in [0.29, 0.717) is 19.6 Å². The van der Waals surface area contributed by atoms with E-state index < -0.39 is 5.60 Å². The second-order valence-electron chi connectivity index (χ2n) is 6.50. The van der Waals surface area contributed by atoms with Gasteiger partial charge in [-0.15, -0.1) is 0 Å². The van der Waals surface area contributed by atoms with Crippen LogP contribution in [0.4, 0.5) is 0 Å². The topological polar surface area (TPSA) is 49.8 Å². The molecule has 2 heterocycles. The zero-order valence-electron chi connectivity index (χ0n) is 12.5. The van der Waals surface area contributed by atoms with Gasteiger partial charge in [-0.1, -0.05) is 18.2 Å². The molecule has 0 bridgehead atoms. The molecule has 114 valence electrons. The lowest BCUT2D eigenvalue weighted by molar-refractivity contribution is -0.137. The van der Waals surface area contributed by atoms with Gasteiger partial charge in [0.1, 0.15) is 12.4 Å². The molecule has 1 fully saturated rings. The lowest BCUT2D eigenvalue weighted by Gasteiger charge is -2.30. The zero-order valence-corrected chi connectivity index (χ0v) is 12.5. The molecule has 1 amide bonds. The zero-order chi connectivity index (χ0) is 14.9. The quantitative estimate of drug-likeness (QED) is 0.860. The van der Waals surface area contributed by atoms with Crippen LogP contribution in [0.25, 0.3) is 0 Å². The molecule has 0 saturated carbocycles. The summed E-state index contributed by atoms with van der Waals surface area (Å²) in [4.78, 5) is 14.6. The van der Waals surface area contributed by atoms with Crippen molar-refractivity contribution in [2.45, 2.75) is 38.2 Å². The first-order valence-electron chi connectivity index (χ1n) is 7.77. The van der Waals surface area contributed by atoms with Crippen LogP contribution in [0.3, 0.4) is 0 Å². The number of hydrogen-bond donors (Lipinski definition) is 1. The molecule has 2 atom stereocenters. The smallest absolute Gasteiger partial charge is 0.229 e. The molecular formula is C17H23NO3. The van der Waals surface area contributed by atoms with Crippen molar-refractivity contribution in [3.8, 4) is 5.75 Å². The maximum absolute atomic E-state index is 12.7. The number of benzene rings is 1. The van der Waals surface area contributed by atoms with E-state index in [0.717, 1.165) is 37.1 Å². The summed E-state index contributed by atoms with van der Waals surface area (Å²) in [6.07, 6.45) is 3.04. The van der Waals surface area contributed by atoms with Crippen LogP contribution in [0.15, 0.2) is 24.3 Å². The Morgan fingerprint density at radius 3 is 3.00 bits per heavy atom. The molecule has 21 heavy (non-hydrogen) atoms. The van der Waals surface area contributed by atoms with E-state index in [1.54, 1.807) is 0 Å². The summed E-state index contributed by atoms with van der Waals surface area (Å²) in [5.74, 6) is 0.977. The number of carbonyl (C=O) groups excluding carboxylic acids is 1. The number of likely N-dealkylation sites (tertiary alicyclic amines) is 1. The molecule has 3 rings (SSSR count). The monoisotopic (exact) mass is 289 g/mol. The molecular weight excluding hydrogens is 266 g/mol. The van der Waals surface area contributed by atoms with E-state index in [9.17, 15) is 9.90 Å². The predicted octanol–water partition coefficient (Wildman–Crippen LogP) is 2.00. The standard InChI is InChI=1S/C17H23NO3/c1-17(20)7-4-9-18(10-8-17)16(19)14-11-13-5-2-3-6-15(13)21-12-14/h2-3,5-6,14,20H,4,7-12H2,1H3. The number of fused-ring (bicyclic) bond motifs is 1. The van der Waals surface area contributed by atoms with Crippen LogP contribution in [-0.4, -0.2) is 41.2 Å². The number of nitrogens with zero attached hydrogens (tertiary/aromatic N) is 1. The van der Waals surface area contributed by atoms with Crippen LogP contribution >= 0.6 is 0 Å². The number of para-hydroxylation sites is 1. The molecule has 0 spiro atoms. The molecule has 1 N–H and O–H groups in total. The molecule has 1 aromatic rings. The molecule has 0 aromatic heterocycles. The maximum atomic E-state index is 12.7. The van der Waals surface area contributed by atoms with Crippen molar-refractivity contribution in [2.75, 3.05) is 19.7 Å². The molecule has 2 aliphatic rings. The van der Waals surface area contributed by atoms with Crippen molar-refractivity contribution in [1.82, 2.24) is 4.90 Å². The Hall–Kier alpha value is -1.55. The van der Waals surface area contributed by atoms with Gasteiger partial charge in [0.2, 0.25) is 5.91 Å². The Bertz CT molecular complexity index is 527. The Morgan fingerprint density at radius 1 is 1.33 bits per heavy atom. The van der Waals surface area contributed by atoms with E-state index in [4.69, 9.17) is 4.74 Å². The number of aliphatic hydroxyl groups is 1. The van der Waals surface area contributed by atoms with Gasteiger partial charge in [-0.2, -0.15) is 0 Å². The second kappa shape index (κ2) is 5.68. The largest absolute Gasteiger partial charge is 0.492 e. The van der Waals surface area contributed by atoms with E-state index >= 15 is 0 Å².